The number of rotatable bonds is 5. The molecular formula is C13H15N3O2S2. The number of nitrogens with zero attached hydrogens (tertiary/aromatic N) is 2. The van der Waals surface area contributed by atoms with Crippen molar-refractivity contribution in [3.05, 3.63) is 39.8 Å². The number of aryl methyl sites for hydroxylation is 2. The van der Waals surface area contributed by atoms with Gasteiger partial charge in [-0.2, -0.15) is 0 Å². The van der Waals surface area contributed by atoms with E-state index < -0.39 is 10.8 Å². The Morgan fingerprint density at radius 2 is 2.05 bits per heavy atom. The van der Waals surface area contributed by atoms with Crippen LogP contribution in [0.25, 0.3) is 0 Å². The van der Waals surface area contributed by atoms with Crippen LogP contribution < -0.4 is 5.32 Å². The Balaban J connectivity index is 1.86. The first-order valence-electron chi connectivity index (χ1n) is 6.03. The molecule has 0 saturated heterocycles. The van der Waals surface area contributed by atoms with Crippen molar-refractivity contribution in [2.24, 2.45) is 0 Å². The SMILES string of the molecule is Cc1cnc([S@](=O)CC(=O)NCc2sccc2C)nc1. The first-order chi connectivity index (χ1) is 9.56. The molecule has 0 fully saturated rings. The predicted octanol–water partition coefficient (Wildman–Crippen LogP) is 1.58. The molecule has 106 valence electrons. The van der Waals surface area contributed by atoms with E-state index in [-0.39, 0.29) is 16.8 Å². The quantitative estimate of drug-likeness (QED) is 0.851. The van der Waals surface area contributed by atoms with Crippen LogP contribution in [0.1, 0.15) is 16.0 Å². The fourth-order valence-electron chi connectivity index (χ4n) is 1.50. The highest BCUT2D eigenvalue weighted by Gasteiger charge is 2.13. The van der Waals surface area contributed by atoms with Gasteiger partial charge in [0, 0.05) is 17.3 Å². The fourth-order valence-corrected chi connectivity index (χ4v) is 3.15. The average molecular weight is 309 g/mol. The number of nitrogens with one attached hydrogen (secondary N) is 1. The van der Waals surface area contributed by atoms with Crippen LogP contribution in [-0.4, -0.2) is 25.8 Å². The molecule has 0 bridgehead atoms. The molecule has 0 aliphatic rings. The van der Waals surface area contributed by atoms with E-state index in [0.29, 0.717) is 6.54 Å². The van der Waals surface area contributed by atoms with E-state index in [1.54, 1.807) is 23.7 Å². The number of carbonyl (C=O) groups is 1. The van der Waals surface area contributed by atoms with Gasteiger partial charge >= 0.3 is 0 Å². The van der Waals surface area contributed by atoms with Gasteiger partial charge in [0.15, 0.2) is 0 Å². The van der Waals surface area contributed by atoms with Crippen LogP contribution in [0, 0.1) is 13.8 Å². The third kappa shape index (κ3) is 3.94. The van der Waals surface area contributed by atoms with Crippen LogP contribution in [0.15, 0.2) is 29.0 Å². The van der Waals surface area contributed by atoms with E-state index in [0.717, 1.165) is 16.0 Å². The molecule has 0 saturated carbocycles. The normalized spacial score (nSPS) is 12.1. The van der Waals surface area contributed by atoms with Crippen molar-refractivity contribution in [1.82, 2.24) is 15.3 Å². The summed E-state index contributed by atoms with van der Waals surface area (Å²) in [6.45, 7) is 4.31. The molecule has 7 heteroatoms. The maximum Gasteiger partial charge on any atom is 0.233 e. The molecule has 1 atom stereocenters. The third-order valence-corrected chi connectivity index (χ3v) is 4.80. The second-order valence-corrected chi connectivity index (χ2v) is 6.68. The van der Waals surface area contributed by atoms with E-state index in [2.05, 4.69) is 15.3 Å². The number of thiophene rings is 1. The summed E-state index contributed by atoms with van der Waals surface area (Å²) in [6, 6.07) is 2.00. The summed E-state index contributed by atoms with van der Waals surface area (Å²) in [7, 11) is -1.51. The van der Waals surface area contributed by atoms with Crippen molar-refractivity contribution in [3.63, 3.8) is 0 Å². The monoisotopic (exact) mass is 309 g/mol. The third-order valence-electron chi connectivity index (χ3n) is 2.64. The summed E-state index contributed by atoms with van der Waals surface area (Å²) in [6.07, 6.45) is 3.18. The predicted molar refractivity (Wildman–Crippen MR) is 78.9 cm³/mol. The van der Waals surface area contributed by atoms with Crippen LogP contribution in [0.5, 0.6) is 0 Å². The van der Waals surface area contributed by atoms with Gasteiger partial charge < -0.3 is 5.32 Å². The van der Waals surface area contributed by atoms with Crippen molar-refractivity contribution >= 4 is 28.0 Å². The highest BCUT2D eigenvalue weighted by atomic mass is 32.2. The number of hydrogen-bond acceptors (Lipinski definition) is 5. The summed E-state index contributed by atoms with van der Waals surface area (Å²) in [5, 5.41) is 4.93. The Morgan fingerprint density at radius 3 is 2.65 bits per heavy atom. The largest absolute Gasteiger partial charge is 0.350 e. The lowest BCUT2D eigenvalue weighted by Crippen LogP contribution is -2.28. The molecule has 1 N–H and O–H groups in total. The maximum absolute atomic E-state index is 11.9. The summed E-state index contributed by atoms with van der Waals surface area (Å²) in [5.74, 6) is -0.381. The smallest absolute Gasteiger partial charge is 0.233 e. The molecule has 0 radical (unpaired) electrons. The molecule has 2 rings (SSSR count). The van der Waals surface area contributed by atoms with Gasteiger partial charge in [-0.05, 0) is 36.4 Å². The molecule has 5 nitrogen and oxygen atoms in total. The van der Waals surface area contributed by atoms with Gasteiger partial charge in [0.2, 0.25) is 11.1 Å². The Morgan fingerprint density at radius 1 is 1.35 bits per heavy atom. The van der Waals surface area contributed by atoms with Crippen LogP contribution in [0.2, 0.25) is 0 Å². The van der Waals surface area contributed by atoms with Gasteiger partial charge in [0.1, 0.15) is 16.6 Å². The molecule has 0 aromatic carbocycles. The molecule has 20 heavy (non-hydrogen) atoms. The van der Waals surface area contributed by atoms with E-state index >= 15 is 0 Å². The first kappa shape index (κ1) is 14.8. The topological polar surface area (TPSA) is 72.0 Å². The standard InChI is InChI=1S/C13H15N3O2S2/c1-9-5-15-13(16-6-9)20(18)8-12(17)14-7-11-10(2)3-4-19-11/h3-6H,7-8H2,1-2H3,(H,14,17)/t20-/m1/s1. The van der Waals surface area contributed by atoms with Crippen LogP contribution in [-0.2, 0) is 22.1 Å². The maximum atomic E-state index is 11.9. The zero-order valence-corrected chi connectivity index (χ0v) is 12.9. The Labute approximate surface area is 123 Å². The molecule has 2 heterocycles. The molecule has 0 unspecified atom stereocenters. The minimum Gasteiger partial charge on any atom is -0.350 e. The lowest BCUT2D eigenvalue weighted by molar-refractivity contribution is -0.118. The van der Waals surface area contributed by atoms with E-state index in [9.17, 15) is 9.00 Å². The number of carbonyl (C=O) groups excluding carboxylic acids is 1. The van der Waals surface area contributed by atoms with Gasteiger partial charge in [0.25, 0.3) is 0 Å². The van der Waals surface area contributed by atoms with Gasteiger partial charge in [0.05, 0.1) is 6.54 Å². The van der Waals surface area contributed by atoms with Crippen LogP contribution in [0.4, 0.5) is 0 Å². The Bertz CT molecular complexity index is 623. The second-order valence-electron chi connectivity index (χ2n) is 4.34. The summed E-state index contributed by atoms with van der Waals surface area (Å²) < 4.78 is 11.9. The van der Waals surface area contributed by atoms with Gasteiger partial charge in [-0.15, -0.1) is 11.3 Å². The summed E-state index contributed by atoms with van der Waals surface area (Å²) in [5.41, 5.74) is 2.04. The number of amides is 1. The molecule has 0 aliphatic carbocycles. The average Bonchev–Trinajstić information content (AvgIpc) is 2.82. The molecule has 2 aromatic heterocycles. The second kappa shape index (κ2) is 6.71. The first-order valence-corrected chi connectivity index (χ1v) is 8.23. The van der Waals surface area contributed by atoms with Gasteiger partial charge in [-0.1, -0.05) is 0 Å². The zero-order chi connectivity index (χ0) is 14.5. The number of hydrogen-bond donors (Lipinski definition) is 1. The van der Waals surface area contributed by atoms with Gasteiger partial charge in [-0.3, -0.25) is 9.00 Å². The van der Waals surface area contributed by atoms with E-state index in [1.165, 1.54) is 0 Å². The van der Waals surface area contributed by atoms with Crippen LogP contribution >= 0.6 is 11.3 Å². The van der Waals surface area contributed by atoms with Crippen LogP contribution in [0.3, 0.4) is 0 Å². The molecule has 1 amide bonds. The van der Waals surface area contributed by atoms with Crippen molar-refractivity contribution in [3.8, 4) is 0 Å². The molecular weight excluding hydrogens is 294 g/mol. The minimum absolute atomic E-state index is 0.118. The fraction of sp³-hybridized carbons (Fsp3) is 0.308. The highest BCUT2D eigenvalue weighted by Crippen LogP contribution is 2.14. The van der Waals surface area contributed by atoms with Gasteiger partial charge in [-0.25, -0.2) is 9.97 Å². The highest BCUT2D eigenvalue weighted by molar-refractivity contribution is 7.85. The minimum atomic E-state index is -1.51. The molecule has 0 aliphatic heterocycles. The van der Waals surface area contributed by atoms with E-state index in [4.69, 9.17) is 0 Å². The van der Waals surface area contributed by atoms with Crippen molar-refractivity contribution in [1.29, 1.82) is 0 Å². The van der Waals surface area contributed by atoms with Crippen molar-refractivity contribution in [2.75, 3.05) is 5.75 Å². The van der Waals surface area contributed by atoms with Crippen molar-refractivity contribution in [2.45, 2.75) is 25.5 Å². The molecule has 0 spiro atoms. The molecule has 2 aromatic rings. The van der Waals surface area contributed by atoms with E-state index in [1.807, 2.05) is 25.3 Å². The Kier molecular flexibility index (Phi) is 4.97. The lowest BCUT2D eigenvalue weighted by Gasteiger charge is -2.04. The van der Waals surface area contributed by atoms with Crippen molar-refractivity contribution < 1.29 is 9.00 Å². The zero-order valence-electron chi connectivity index (χ0n) is 11.3. The Hall–Kier alpha value is -1.60. The lowest BCUT2D eigenvalue weighted by atomic mass is 10.3. The number of aromatic nitrogens is 2. The summed E-state index contributed by atoms with van der Waals surface area (Å²) >= 11 is 1.59. The summed E-state index contributed by atoms with van der Waals surface area (Å²) in [4.78, 5) is 20.8.